The summed E-state index contributed by atoms with van der Waals surface area (Å²) in [6, 6.07) is 45.5. The van der Waals surface area contributed by atoms with Gasteiger partial charge in [0.1, 0.15) is 5.69 Å². The van der Waals surface area contributed by atoms with Gasteiger partial charge in [0.05, 0.1) is 12.6 Å². The van der Waals surface area contributed by atoms with E-state index in [0.29, 0.717) is 0 Å². The fourth-order valence-corrected chi connectivity index (χ4v) is 4.99. The van der Waals surface area contributed by atoms with E-state index in [0.717, 1.165) is 5.69 Å². The van der Waals surface area contributed by atoms with Crippen molar-refractivity contribution in [2.45, 2.75) is 6.92 Å². The Hall–Kier alpha value is -4.43. The second-order valence-electron chi connectivity index (χ2n) is 9.02. The van der Waals surface area contributed by atoms with Crippen molar-refractivity contribution in [2.24, 2.45) is 7.05 Å². The van der Waals surface area contributed by atoms with Crippen LogP contribution in [0.1, 0.15) is 5.56 Å². The molecule has 6 rings (SSSR count). The predicted octanol–water partition coefficient (Wildman–Crippen LogP) is 7.76. The van der Waals surface area contributed by atoms with Crippen molar-refractivity contribution in [3.63, 3.8) is 0 Å². The molecule has 0 saturated heterocycles. The van der Waals surface area contributed by atoms with Gasteiger partial charge >= 0.3 is 0 Å². The van der Waals surface area contributed by atoms with E-state index in [-0.39, 0.29) is 0 Å². The Kier molecular flexibility index (Phi) is 5.27. The highest BCUT2D eigenvalue weighted by Crippen LogP contribution is 2.32. The van der Waals surface area contributed by atoms with Crippen molar-refractivity contribution in [3.8, 4) is 39.3 Å². The van der Waals surface area contributed by atoms with Crippen LogP contribution in [0, 0.1) is 6.92 Å². The summed E-state index contributed by atoms with van der Waals surface area (Å²) in [6.07, 6.45) is 0. The average Bonchev–Trinajstić information content (AvgIpc) is 3.21. The fourth-order valence-electron chi connectivity index (χ4n) is 4.99. The van der Waals surface area contributed by atoms with Gasteiger partial charge in [-0.2, -0.15) is 4.57 Å². The zero-order chi connectivity index (χ0) is 23.8. The Bertz CT molecular complexity index is 1630. The molecule has 0 amide bonds. The second kappa shape index (κ2) is 8.73. The molecular weight excluding hydrogens is 424 g/mol. The van der Waals surface area contributed by atoms with Crippen molar-refractivity contribution in [2.75, 3.05) is 0 Å². The van der Waals surface area contributed by atoms with Crippen LogP contribution in [0.5, 0.6) is 0 Å². The highest BCUT2D eigenvalue weighted by Gasteiger charge is 2.27. The number of nitrogens with zero attached hydrogens (tertiary/aromatic N) is 2. The molecule has 0 aliphatic heterocycles. The monoisotopic (exact) mass is 451 g/mol. The summed E-state index contributed by atoms with van der Waals surface area (Å²) < 4.78 is 4.72. The maximum Gasteiger partial charge on any atom is 0.295 e. The van der Waals surface area contributed by atoms with Crippen molar-refractivity contribution in [1.29, 1.82) is 0 Å². The standard InChI is InChI=1S/C33H27N2/c1-24-11-9-10-16-30(24)33-34(2)32-23-28(26-14-7-4-8-15-26)19-22-31(32)35(33)29-20-17-27(18-21-29)25-12-5-3-6-13-25/h3-23H,1-2H3/q+1. The molecule has 0 bridgehead atoms. The van der Waals surface area contributed by atoms with Gasteiger partial charge in [-0.15, -0.1) is 0 Å². The van der Waals surface area contributed by atoms with E-state index in [1.807, 2.05) is 0 Å². The molecule has 0 radical (unpaired) electrons. The molecule has 0 N–H and O–H groups in total. The average molecular weight is 452 g/mol. The van der Waals surface area contributed by atoms with Gasteiger partial charge in [0.15, 0.2) is 11.0 Å². The Labute approximate surface area is 206 Å². The largest absolute Gasteiger partial charge is 0.295 e. The molecule has 2 heteroatoms. The van der Waals surface area contributed by atoms with Crippen molar-refractivity contribution < 1.29 is 4.57 Å². The molecule has 1 heterocycles. The van der Waals surface area contributed by atoms with Crippen LogP contribution in [0.4, 0.5) is 0 Å². The van der Waals surface area contributed by atoms with Crippen LogP contribution in [0.3, 0.4) is 0 Å². The van der Waals surface area contributed by atoms with Crippen molar-refractivity contribution >= 4 is 11.0 Å². The van der Waals surface area contributed by atoms with Crippen LogP contribution in [0.25, 0.3) is 50.4 Å². The summed E-state index contributed by atoms with van der Waals surface area (Å²) in [5, 5.41) is 0. The summed E-state index contributed by atoms with van der Waals surface area (Å²) in [5.41, 5.74) is 11.0. The molecule has 0 atom stereocenters. The maximum atomic E-state index is 2.39. The number of fused-ring (bicyclic) bond motifs is 1. The summed E-state index contributed by atoms with van der Waals surface area (Å²) >= 11 is 0. The normalized spacial score (nSPS) is 11.1. The van der Waals surface area contributed by atoms with E-state index in [9.17, 15) is 0 Å². The minimum Gasteiger partial charge on any atom is -0.225 e. The first-order chi connectivity index (χ1) is 17.2. The van der Waals surface area contributed by atoms with Crippen LogP contribution in [0.2, 0.25) is 0 Å². The van der Waals surface area contributed by atoms with Crippen LogP contribution in [0.15, 0.2) is 127 Å². The van der Waals surface area contributed by atoms with E-state index < -0.39 is 0 Å². The molecule has 0 spiro atoms. The van der Waals surface area contributed by atoms with Gasteiger partial charge in [0.25, 0.3) is 5.82 Å². The van der Waals surface area contributed by atoms with Gasteiger partial charge in [0.2, 0.25) is 0 Å². The zero-order valence-corrected chi connectivity index (χ0v) is 20.0. The van der Waals surface area contributed by atoms with Crippen molar-refractivity contribution in [3.05, 3.63) is 133 Å². The Balaban J connectivity index is 1.58. The number of hydrogen-bond acceptors (Lipinski definition) is 0. The fraction of sp³-hybridized carbons (Fsp3) is 0.0606. The lowest BCUT2D eigenvalue weighted by Gasteiger charge is -2.07. The molecule has 35 heavy (non-hydrogen) atoms. The molecule has 0 unspecified atom stereocenters. The lowest BCUT2D eigenvalue weighted by Crippen LogP contribution is -2.30. The SMILES string of the molecule is Cc1ccccc1-c1n(-c2ccc(-c3ccccc3)cc2)c2ccc(-c3ccccc3)cc2[n+]1C. The van der Waals surface area contributed by atoms with Gasteiger partial charge in [0, 0.05) is 0 Å². The third kappa shape index (κ3) is 3.74. The van der Waals surface area contributed by atoms with E-state index in [2.05, 4.69) is 150 Å². The minimum atomic E-state index is 1.15. The first-order valence-corrected chi connectivity index (χ1v) is 12.0. The summed E-state index contributed by atoms with van der Waals surface area (Å²) in [7, 11) is 2.17. The molecule has 6 aromatic rings. The van der Waals surface area contributed by atoms with Gasteiger partial charge in [-0.1, -0.05) is 91.0 Å². The third-order valence-electron chi connectivity index (χ3n) is 6.83. The van der Waals surface area contributed by atoms with Crippen LogP contribution < -0.4 is 4.57 Å². The number of imidazole rings is 1. The highest BCUT2D eigenvalue weighted by atomic mass is 15.2. The van der Waals surface area contributed by atoms with E-state index in [1.54, 1.807) is 0 Å². The number of aryl methyl sites for hydroxylation is 2. The van der Waals surface area contributed by atoms with Gasteiger partial charge < -0.3 is 0 Å². The molecule has 1 aromatic heterocycles. The number of hydrogen-bond donors (Lipinski definition) is 0. The predicted molar refractivity (Wildman–Crippen MR) is 145 cm³/mol. The minimum absolute atomic E-state index is 1.15. The van der Waals surface area contributed by atoms with Gasteiger partial charge in [-0.3, -0.25) is 0 Å². The lowest BCUT2D eigenvalue weighted by atomic mass is 10.0. The second-order valence-corrected chi connectivity index (χ2v) is 9.02. The quantitative estimate of drug-likeness (QED) is 0.242. The number of benzene rings is 5. The van der Waals surface area contributed by atoms with Crippen molar-refractivity contribution in [1.82, 2.24) is 4.57 Å². The molecule has 0 saturated carbocycles. The maximum absolute atomic E-state index is 2.39. The van der Waals surface area contributed by atoms with E-state index in [1.165, 1.54) is 50.2 Å². The lowest BCUT2D eigenvalue weighted by molar-refractivity contribution is -0.633. The number of aromatic nitrogens is 2. The third-order valence-corrected chi connectivity index (χ3v) is 6.83. The molecule has 0 fully saturated rings. The molecule has 2 nitrogen and oxygen atoms in total. The zero-order valence-electron chi connectivity index (χ0n) is 20.0. The molecule has 168 valence electrons. The van der Waals surface area contributed by atoms with E-state index in [4.69, 9.17) is 0 Å². The summed E-state index contributed by atoms with van der Waals surface area (Å²) in [5.74, 6) is 1.18. The van der Waals surface area contributed by atoms with Crippen LogP contribution in [-0.2, 0) is 7.05 Å². The summed E-state index contributed by atoms with van der Waals surface area (Å²) in [4.78, 5) is 0. The molecule has 0 aliphatic rings. The number of rotatable bonds is 4. The smallest absolute Gasteiger partial charge is 0.225 e. The van der Waals surface area contributed by atoms with Gasteiger partial charge in [-0.05, 0) is 71.1 Å². The van der Waals surface area contributed by atoms with Crippen LogP contribution in [-0.4, -0.2) is 4.57 Å². The molecular formula is C33H27N2+. The van der Waals surface area contributed by atoms with Gasteiger partial charge in [-0.25, -0.2) is 4.57 Å². The Morgan fingerprint density at radius 3 is 1.74 bits per heavy atom. The first-order valence-electron chi connectivity index (χ1n) is 12.0. The highest BCUT2D eigenvalue weighted by molar-refractivity contribution is 5.84. The Morgan fingerprint density at radius 2 is 1.09 bits per heavy atom. The molecule has 5 aromatic carbocycles. The first kappa shape index (κ1) is 21.1. The summed E-state index contributed by atoms with van der Waals surface area (Å²) in [6.45, 7) is 2.19. The van der Waals surface area contributed by atoms with E-state index >= 15 is 0 Å². The Morgan fingerprint density at radius 1 is 0.543 bits per heavy atom. The topological polar surface area (TPSA) is 8.81 Å². The van der Waals surface area contributed by atoms with Crippen LogP contribution >= 0.6 is 0 Å². The molecule has 0 aliphatic carbocycles.